The van der Waals surface area contributed by atoms with Crippen LogP contribution in [0.3, 0.4) is 0 Å². The Balaban J connectivity index is 1.88. The minimum Gasteiger partial charge on any atom is -0.497 e. The summed E-state index contributed by atoms with van der Waals surface area (Å²) in [7, 11) is 1.66. The average Bonchev–Trinajstić information content (AvgIpc) is 2.87. The summed E-state index contributed by atoms with van der Waals surface area (Å²) in [5.74, 6) is 0.847. The maximum absolute atomic E-state index is 12.9. The molecule has 5 heteroatoms. The van der Waals surface area contributed by atoms with E-state index in [1.807, 2.05) is 30.0 Å². The lowest BCUT2D eigenvalue weighted by atomic mass is 10.0. The second-order valence-corrected chi connectivity index (χ2v) is 6.07. The van der Waals surface area contributed by atoms with E-state index in [0.29, 0.717) is 5.69 Å². The van der Waals surface area contributed by atoms with Crippen molar-refractivity contribution in [2.45, 2.75) is 38.6 Å². The molecule has 0 aliphatic carbocycles. The quantitative estimate of drug-likeness (QED) is 0.943. The molecule has 1 fully saturated rings. The molecular weight excluding hydrogens is 290 g/mol. The van der Waals surface area contributed by atoms with Gasteiger partial charge < -0.3 is 9.64 Å². The molecule has 1 aromatic heterocycles. The molecule has 122 valence electrons. The number of rotatable bonds is 3. The number of aromatic nitrogens is 2. The van der Waals surface area contributed by atoms with E-state index >= 15 is 0 Å². The highest BCUT2D eigenvalue weighted by molar-refractivity contribution is 5.92. The van der Waals surface area contributed by atoms with E-state index in [2.05, 4.69) is 22.3 Å². The van der Waals surface area contributed by atoms with E-state index in [1.54, 1.807) is 7.11 Å². The molecule has 2 aromatic rings. The lowest BCUT2D eigenvalue weighted by molar-refractivity contribution is 0.0674. The number of hydrogen-bond donors (Lipinski definition) is 1. The summed E-state index contributed by atoms with van der Waals surface area (Å²) in [6.45, 7) is 2.69. The molecule has 1 unspecified atom stereocenters. The molecule has 1 aliphatic heterocycles. The highest BCUT2D eigenvalue weighted by Crippen LogP contribution is 2.32. The second-order valence-electron chi connectivity index (χ2n) is 6.07. The summed E-state index contributed by atoms with van der Waals surface area (Å²) >= 11 is 0. The molecule has 0 radical (unpaired) electrons. The molecule has 1 amide bonds. The van der Waals surface area contributed by atoms with Gasteiger partial charge in [-0.15, -0.1) is 0 Å². The summed E-state index contributed by atoms with van der Waals surface area (Å²) in [6.07, 6.45) is 4.33. The molecule has 5 nitrogen and oxygen atoms in total. The van der Waals surface area contributed by atoms with Gasteiger partial charge in [-0.3, -0.25) is 9.89 Å². The van der Waals surface area contributed by atoms with Crippen LogP contribution in [-0.4, -0.2) is 34.7 Å². The third-order valence-corrected chi connectivity index (χ3v) is 4.44. The fourth-order valence-corrected chi connectivity index (χ4v) is 3.20. The number of nitrogens with one attached hydrogen (secondary N) is 1. The zero-order chi connectivity index (χ0) is 16.2. The highest BCUT2D eigenvalue weighted by atomic mass is 16.5. The van der Waals surface area contributed by atoms with E-state index in [9.17, 15) is 4.79 Å². The Morgan fingerprint density at radius 2 is 2.04 bits per heavy atom. The van der Waals surface area contributed by atoms with Crippen LogP contribution >= 0.6 is 0 Å². The van der Waals surface area contributed by atoms with E-state index in [4.69, 9.17) is 4.74 Å². The van der Waals surface area contributed by atoms with Gasteiger partial charge in [-0.1, -0.05) is 25.0 Å². The zero-order valence-electron chi connectivity index (χ0n) is 13.7. The van der Waals surface area contributed by atoms with Crippen LogP contribution in [0.15, 0.2) is 30.3 Å². The largest absolute Gasteiger partial charge is 0.497 e. The third kappa shape index (κ3) is 3.38. The monoisotopic (exact) mass is 313 g/mol. The number of H-pyrrole nitrogens is 1. The Morgan fingerprint density at radius 1 is 1.26 bits per heavy atom. The van der Waals surface area contributed by atoms with Gasteiger partial charge in [0.25, 0.3) is 5.91 Å². The van der Waals surface area contributed by atoms with Gasteiger partial charge in [-0.2, -0.15) is 5.10 Å². The number of likely N-dealkylation sites (tertiary alicyclic amines) is 1. The van der Waals surface area contributed by atoms with Crippen LogP contribution in [0.4, 0.5) is 0 Å². The van der Waals surface area contributed by atoms with Crippen LogP contribution in [-0.2, 0) is 0 Å². The smallest absolute Gasteiger partial charge is 0.274 e. The molecule has 23 heavy (non-hydrogen) atoms. The number of hydrogen-bond acceptors (Lipinski definition) is 3. The molecule has 1 aliphatic rings. The molecule has 1 aromatic carbocycles. The van der Waals surface area contributed by atoms with Crippen molar-refractivity contribution in [3.63, 3.8) is 0 Å². The minimum absolute atomic E-state index is 0.0112. The first kappa shape index (κ1) is 15.6. The molecule has 1 N–H and O–H groups in total. The van der Waals surface area contributed by atoms with Crippen molar-refractivity contribution in [1.29, 1.82) is 0 Å². The number of nitrogens with zero attached hydrogens (tertiary/aromatic N) is 2. The van der Waals surface area contributed by atoms with Crippen LogP contribution in [0.5, 0.6) is 5.75 Å². The molecule has 0 bridgehead atoms. The van der Waals surface area contributed by atoms with Gasteiger partial charge in [0.05, 0.1) is 13.2 Å². The van der Waals surface area contributed by atoms with Gasteiger partial charge in [0.1, 0.15) is 11.4 Å². The van der Waals surface area contributed by atoms with Crippen LogP contribution in [0.1, 0.15) is 53.5 Å². The van der Waals surface area contributed by atoms with Crippen LogP contribution in [0.25, 0.3) is 0 Å². The number of benzene rings is 1. The molecule has 2 heterocycles. The van der Waals surface area contributed by atoms with Crippen molar-refractivity contribution in [3.05, 3.63) is 47.3 Å². The van der Waals surface area contributed by atoms with Gasteiger partial charge in [-0.25, -0.2) is 0 Å². The maximum atomic E-state index is 12.9. The summed E-state index contributed by atoms with van der Waals surface area (Å²) < 4.78 is 5.23. The van der Waals surface area contributed by atoms with Crippen molar-refractivity contribution >= 4 is 5.91 Å². The van der Waals surface area contributed by atoms with Crippen molar-refractivity contribution in [2.75, 3.05) is 13.7 Å². The predicted octanol–water partition coefficient (Wildman–Crippen LogP) is 3.48. The summed E-state index contributed by atoms with van der Waals surface area (Å²) in [5, 5.41) is 7.00. The normalized spacial score (nSPS) is 18.5. The Bertz CT molecular complexity index is 663. The maximum Gasteiger partial charge on any atom is 0.274 e. The third-order valence-electron chi connectivity index (χ3n) is 4.44. The lowest BCUT2D eigenvalue weighted by Crippen LogP contribution is -2.35. The Labute approximate surface area is 136 Å². The topological polar surface area (TPSA) is 58.2 Å². The number of amides is 1. The van der Waals surface area contributed by atoms with Gasteiger partial charge in [0.2, 0.25) is 0 Å². The Hall–Kier alpha value is -2.30. The Morgan fingerprint density at radius 3 is 2.70 bits per heavy atom. The van der Waals surface area contributed by atoms with Crippen molar-refractivity contribution in [3.8, 4) is 5.75 Å². The molecule has 1 saturated heterocycles. The molecule has 0 spiro atoms. The first-order chi connectivity index (χ1) is 11.2. The van der Waals surface area contributed by atoms with Crippen LogP contribution < -0.4 is 4.74 Å². The van der Waals surface area contributed by atoms with Crippen LogP contribution in [0, 0.1) is 6.92 Å². The van der Waals surface area contributed by atoms with Crippen molar-refractivity contribution < 1.29 is 9.53 Å². The zero-order valence-corrected chi connectivity index (χ0v) is 13.7. The van der Waals surface area contributed by atoms with Crippen molar-refractivity contribution in [1.82, 2.24) is 15.1 Å². The van der Waals surface area contributed by atoms with Crippen LogP contribution in [0.2, 0.25) is 0 Å². The van der Waals surface area contributed by atoms with Gasteiger partial charge in [0, 0.05) is 12.2 Å². The predicted molar refractivity (Wildman–Crippen MR) is 88.6 cm³/mol. The van der Waals surface area contributed by atoms with E-state index < -0.39 is 0 Å². The number of aromatic amines is 1. The second kappa shape index (κ2) is 6.86. The first-order valence-corrected chi connectivity index (χ1v) is 8.16. The lowest BCUT2D eigenvalue weighted by Gasteiger charge is -2.30. The van der Waals surface area contributed by atoms with E-state index in [0.717, 1.165) is 49.2 Å². The molecule has 0 saturated carbocycles. The number of ether oxygens (including phenoxy) is 1. The molecule has 1 atom stereocenters. The molecule has 3 rings (SSSR count). The standard InChI is InChI=1S/C18H23N3O2/c1-13-12-16(20-19-13)18(22)21-11-5-3-4-6-17(21)14-7-9-15(23-2)10-8-14/h7-10,12,17H,3-6,11H2,1-2H3,(H,19,20). The number of aryl methyl sites for hydroxylation is 1. The van der Waals surface area contributed by atoms with Gasteiger partial charge in [-0.05, 0) is 43.5 Å². The van der Waals surface area contributed by atoms with Crippen molar-refractivity contribution in [2.24, 2.45) is 0 Å². The first-order valence-electron chi connectivity index (χ1n) is 8.16. The fourth-order valence-electron chi connectivity index (χ4n) is 3.20. The average molecular weight is 313 g/mol. The number of carbonyl (C=O) groups excluding carboxylic acids is 1. The molecular formula is C18H23N3O2. The number of carbonyl (C=O) groups is 1. The SMILES string of the molecule is COc1ccc(C2CCCCCN2C(=O)c2cc(C)[nH]n2)cc1. The fraction of sp³-hybridized carbons (Fsp3) is 0.444. The minimum atomic E-state index is 0.0112. The Kier molecular flexibility index (Phi) is 4.65. The van der Waals surface area contributed by atoms with E-state index in [1.165, 1.54) is 0 Å². The summed E-state index contributed by atoms with van der Waals surface area (Å²) in [6, 6.07) is 9.96. The number of methoxy groups -OCH3 is 1. The van der Waals surface area contributed by atoms with E-state index in [-0.39, 0.29) is 11.9 Å². The summed E-state index contributed by atoms with van der Waals surface area (Å²) in [4.78, 5) is 14.9. The highest BCUT2D eigenvalue weighted by Gasteiger charge is 2.28. The summed E-state index contributed by atoms with van der Waals surface area (Å²) in [5.41, 5.74) is 2.57. The van der Waals surface area contributed by atoms with Gasteiger partial charge in [0.15, 0.2) is 0 Å². The van der Waals surface area contributed by atoms with Gasteiger partial charge >= 0.3 is 0 Å².